The van der Waals surface area contributed by atoms with Crippen molar-refractivity contribution in [1.29, 1.82) is 0 Å². The summed E-state index contributed by atoms with van der Waals surface area (Å²) in [7, 11) is 0. The van der Waals surface area contributed by atoms with Crippen molar-refractivity contribution >= 4 is 51.8 Å². The molecule has 1 heterocycles. The van der Waals surface area contributed by atoms with E-state index in [9.17, 15) is 13.2 Å². The van der Waals surface area contributed by atoms with Crippen LogP contribution in [-0.2, 0) is 6.54 Å². The van der Waals surface area contributed by atoms with E-state index in [1.807, 2.05) is 0 Å². The Morgan fingerprint density at radius 3 is 2.68 bits per heavy atom. The highest BCUT2D eigenvalue weighted by atomic mass is 35.5. The number of benzene rings is 1. The highest BCUT2D eigenvalue weighted by molar-refractivity contribution is 7.15. The van der Waals surface area contributed by atoms with Crippen molar-refractivity contribution < 1.29 is 17.9 Å². The number of hydrogen-bond acceptors (Lipinski definition) is 4. The van der Waals surface area contributed by atoms with Gasteiger partial charge in [0.2, 0.25) is 0 Å². The average molecular weight is 392 g/mol. The summed E-state index contributed by atoms with van der Waals surface area (Å²) in [5.74, 6) is -0.387. The molecule has 1 unspecified atom stereocenters. The number of aromatic nitrogens is 1. The highest BCUT2D eigenvalue weighted by Crippen LogP contribution is 2.35. The van der Waals surface area contributed by atoms with Crippen molar-refractivity contribution in [3.05, 3.63) is 38.8 Å². The number of halogens is 6. The molecule has 1 N–H and O–H groups in total. The number of rotatable bonds is 6. The number of anilines is 1. The number of hydrogen-bond donors (Lipinski definition) is 1. The topological polar surface area (TPSA) is 34.1 Å². The van der Waals surface area contributed by atoms with E-state index in [4.69, 9.17) is 34.8 Å². The summed E-state index contributed by atoms with van der Waals surface area (Å²) >= 11 is 17.5. The number of nitrogens with one attached hydrogen (secondary N) is 1. The minimum atomic E-state index is -4.19. The number of thiazole rings is 1. The van der Waals surface area contributed by atoms with Crippen molar-refractivity contribution in [2.24, 2.45) is 0 Å². The van der Waals surface area contributed by atoms with E-state index in [2.05, 4.69) is 15.0 Å². The molecule has 22 heavy (non-hydrogen) atoms. The summed E-state index contributed by atoms with van der Waals surface area (Å²) < 4.78 is 43.6. The molecule has 0 spiro atoms. The minimum absolute atomic E-state index is 0.0941. The first-order valence-electron chi connectivity index (χ1n) is 5.76. The Hall–Kier alpha value is -0.890. The lowest BCUT2D eigenvalue weighted by atomic mass is 10.3. The van der Waals surface area contributed by atoms with Crippen LogP contribution in [0.5, 0.6) is 5.75 Å². The molecule has 0 aliphatic carbocycles. The third-order valence-corrected chi connectivity index (χ3v) is 4.10. The minimum Gasteiger partial charge on any atom is -0.428 e. The normalized spacial score (nSPS) is 13.0. The molecular weight excluding hydrogens is 384 g/mol. The van der Waals surface area contributed by atoms with Crippen molar-refractivity contribution in [1.82, 2.24) is 4.98 Å². The van der Waals surface area contributed by atoms with Crippen LogP contribution in [0.25, 0.3) is 0 Å². The molecule has 0 fully saturated rings. The number of ether oxygens (including phenoxy) is 1. The lowest BCUT2D eigenvalue weighted by molar-refractivity contribution is -0.198. The van der Waals surface area contributed by atoms with Gasteiger partial charge in [0.1, 0.15) is 5.75 Å². The Kier molecular flexibility index (Phi) is 5.65. The predicted octanol–water partition coefficient (Wildman–Crippen LogP) is 5.57. The molecule has 0 bridgehead atoms. The van der Waals surface area contributed by atoms with Crippen molar-refractivity contribution in [3.63, 3.8) is 0 Å². The summed E-state index contributed by atoms with van der Waals surface area (Å²) in [6.45, 7) is 0.378. The van der Waals surface area contributed by atoms with Crippen LogP contribution >= 0.6 is 46.1 Å². The first-order valence-corrected chi connectivity index (χ1v) is 7.77. The van der Waals surface area contributed by atoms with Crippen molar-refractivity contribution in [2.75, 3.05) is 5.32 Å². The molecule has 10 heteroatoms. The zero-order valence-electron chi connectivity index (χ0n) is 10.6. The van der Waals surface area contributed by atoms with E-state index in [1.54, 1.807) is 12.3 Å². The average Bonchev–Trinajstić information content (AvgIpc) is 2.85. The quantitative estimate of drug-likeness (QED) is 0.654. The summed E-state index contributed by atoms with van der Waals surface area (Å²) in [6, 6.07) is 4.12. The van der Waals surface area contributed by atoms with E-state index in [0.717, 1.165) is 4.88 Å². The Bertz CT molecular complexity index is 654. The fraction of sp³-hybridized carbons (Fsp3) is 0.250. The van der Waals surface area contributed by atoms with Crippen LogP contribution in [0.3, 0.4) is 0 Å². The van der Waals surface area contributed by atoms with E-state index < -0.39 is 11.7 Å². The van der Waals surface area contributed by atoms with E-state index >= 15 is 0 Å². The first-order chi connectivity index (χ1) is 10.3. The van der Waals surface area contributed by atoms with Gasteiger partial charge >= 0.3 is 6.11 Å². The maximum absolute atomic E-state index is 13.2. The van der Waals surface area contributed by atoms with Crippen LogP contribution in [0.15, 0.2) is 24.4 Å². The second-order valence-corrected chi connectivity index (χ2v) is 6.53. The van der Waals surface area contributed by atoms with Gasteiger partial charge in [-0.3, -0.25) is 0 Å². The van der Waals surface area contributed by atoms with Crippen LogP contribution in [0, 0.1) is 0 Å². The van der Waals surface area contributed by atoms with Crippen LogP contribution in [0.1, 0.15) is 4.88 Å². The zero-order valence-corrected chi connectivity index (χ0v) is 13.7. The molecule has 1 aromatic heterocycles. The summed E-state index contributed by atoms with van der Waals surface area (Å²) in [5, 5.41) is 2.86. The largest absolute Gasteiger partial charge is 0.444 e. The second-order valence-electron chi connectivity index (χ2n) is 4.04. The Balaban J connectivity index is 2.09. The molecule has 0 radical (unpaired) electrons. The molecule has 0 aliphatic rings. The lowest BCUT2D eigenvalue weighted by Crippen LogP contribution is -2.32. The van der Waals surface area contributed by atoms with Crippen molar-refractivity contribution in [2.45, 2.75) is 18.3 Å². The van der Waals surface area contributed by atoms with E-state index in [1.165, 1.54) is 23.5 Å². The number of nitrogens with zero attached hydrogens (tertiary/aromatic N) is 1. The van der Waals surface area contributed by atoms with Gasteiger partial charge in [0.25, 0.3) is 5.63 Å². The molecule has 0 saturated carbocycles. The van der Waals surface area contributed by atoms with Gasteiger partial charge in [-0.05, 0) is 12.1 Å². The van der Waals surface area contributed by atoms with Gasteiger partial charge in [-0.15, -0.1) is 11.3 Å². The van der Waals surface area contributed by atoms with E-state index in [-0.39, 0.29) is 10.8 Å². The van der Waals surface area contributed by atoms with Gasteiger partial charge in [-0.1, -0.05) is 34.8 Å². The number of alkyl halides is 4. The zero-order chi connectivity index (χ0) is 16.3. The third-order valence-electron chi connectivity index (χ3n) is 2.42. The molecule has 1 atom stereocenters. The van der Waals surface area contributed by atoms with Crippen LogP contribution in [-0.4, -0.2) is 16.7 Å². The highest BCUT2D eigenvalue weighted by Gasteiger charge is 2.42. The van der Waals surface area contributed by atoms with E-state index in [0.29, 0.717) is 16.7 Å². The van der Waals surface area contributed by atoms with Gasteiger partial charge in [0.15, 0.2) is 4.47 Å². The molecule has 120 valence electrons. The molecule has 0 aliphatic heterocycles. The molecule has 2 rings (SSSR count). The van der Waals surface area contributed by atoms with Crippen LogP contribution in [0.2, 0.25) is 9.49 Å². The smallest absolute Gasteiger partial charge is 0.428 e. The first kappa shape index (κ1) is 17.5. The molecular formula is C12H8Cl3F3N2OS. The summed E-state index contributed by atoms with van der Waals surface area (Å²) in [6.07, 6.45) is -2.60. The second kappa shape index (κ2) is 7.12. The third kappa shape index (κ3) is 4.55. The lowest BCUT2D eigenvalue weighted by Gasteiger charge is -2.19. The maximum atomic E-state index is 13.2. The van der Waals surface area contributed by atoms with Gasteiger partial charge in [-0.2, -0.15) is 8.78 Å². The Labute approximate surface area is 143 Å². The van der Waals surface area contributed by atoms with Crippen LogP contribution in [0.4, 0.5) is 18.9 Å². The predicted molar refractivity (Wildman–Crippen MR) is 82.2 cm³/mol. The Morgan fingerprint density at radius 2 is 2.09 bits per heavy atom. The molecule has 0 amide bonds. The molecule has 3 nitrogen and oxygen atoms in total. The maximum Gasteiger partial charge on any atom is 0.444 e. The van der Waals surface area contributed by atoms with Gasteiger partial charge in [-0.25, -0.2) is 9.37 Å². The fourth-order valence-electron chi connectivity index (χ4n) is 1.44. The Morgan fingerprint density at radius 1 is 1.36 bits per heavy atom. The van der Waals surface area contributed by atoms with Crippen molar-refractivity contribution in [3.8, 4) is 5.75 Å². The summed E-state index contributed by atoms with van der Waals surface area (Å²) in [5.41, 5.74) is -2.54. The SMILES string of the molecule is FC(Cl)C(F)(F)Oc1cc(NCc2cnc(Cl)s2)ccc1Cl. The molecule has 2 aromatic rings. The fourth-order valence-corrected chi connectivity index (χ4v) is 2.56. The van der Waals surface area contributed by atoms with Crippen LogP contribution < -0.4 is 10.1 Å². The van der Waals surface area contributed by atoms with Gasteiger partial charge < -0.3 is 10.1 Å². The van der Waals surface area contributed by atoms with Gasteiger partial charge in [0, 0.05) is 22.8 Å². The standard InChI is InChI=1S/C12H8Cl3F3N2OS/c13-8-2-1-6(19-4-7-5-20-11(15)22-7)3-9(8)21-12(17,18)10(14)16/h1-3,5,10,19H,4H2. The molecule has 0 saturated heterocycles. The summed E-state index contributed by atoms with van der Waals surface area (Å²) in [4.78, 5) is 4.72. The molecule has 1 aromatic carbocycles. The monoisotopic (exact) mass is 390 g/mol. The van der Waals surface area contributed by atoms with Gasteiger partial charge in [0.05, 0.1) is 11.6 Å².